The first-order valence-electron chi connectivity index (χ1n) is 8.55. The van der Waals surface area contributed by atoms with Crippen LogP contribution in [0.3, 0.4) is 0 Å². The average Bonchev–Trinajstić information content (AvgIpc) is 3.01. The third-order valence-corrected chi connectivity index (χ3v) is 4.96. The monoisotopic (exact) mass is 360 g/mol. The molecule has 2 unspecified atom stereocenters. The van der Waals surface area contributed by atoms with Crippen molar-refractivity contribution in [1.29, 1.82) is 0 Å². The molecule has 134 valence electrons. The summed E-state index contributed by atoms with van der Waals surface area (Å²) in [7, 11) is 0. The number of rotatable bonds is 5. The van der Waals surface area contributed by atoms with Crippen LogP contribution in [0.4, 0.5) is 0 Å². The zero-order valence-electron chi connectivity index (χ0n) is 14.9. The number of carbonyl (C=O) groups excluding carboxylic acids is 1. The number of hydrogen-bond donors (Lipinski definition) is 0. The molecule has 1 saturated heterocycles. The number of hydrogen-bond acceptors (Lipinski definition) is 5. The molecule has 2 heterocycles. The highest BCUT2D eigenvalue weighted by Gasteiger charge is 2.26. The van der Waals surface area contributed by atoms with Crippen LogP contribution >= 0.6 is 11.3 Å². The largest absolute Gasteiger partial charge is 0.486 e. The second-order valence-corrected chi connectivity index (χ2v) is 7.51. The lowest BCUT2D eigenvalue weighted by Crippen LogP contribution is -2.48. The molecule has 1 fully saturated rings. The molecule has 2 aromatic rings. The van der Waals surface area contributed by atoms with Gasteiger partial charge in [0.05, 0.1) is 24.3 Å². The van der Waals surface area contributed by atoms with Crippen molar-refractivity contribution in [3.8, 4) is 5.75 Å². The summed E-state index contributed by atoms with van der Waals surface area (Å²) in [5.41, 5.74) is 2.01. The Labute approximate surface area is 152 Å². The molecule has 0 radical (unpaired) electrons. The van der Waals surface area contributed by atoms with E-state index in [0.29, 0.717) is 26.1 Å². The molecule has 25 heavy (non-hydrogen) atoms. The normalized spacial score (nSPS) is 20.5. The molecule has 2 atom stereocenters. The van der Waals surface area contributed by atoms with Gasteiger partial charge in [-0.25, -0.2) is 4.98 Å². The first kappa shape index (κ1) is 17.9. The van der Waals surface area contributed by atoms with Crippen molar-refractivity contribution in [1.82, 2.24) is 9.88 Å². The van der Waals surface area contributed by atoms with E-state index in [-0.39, 0.29) is 18.1 Å². The van der Waals surface area contributed by atoms with Gasteiger partial charge in [0, 0.05) is 18.5 Å². The highest BCUT2D eigenvalue weighted by Crippen LogP contribution is 2.17. The van der Waals surface area contributed by atoms with Gasteiger partial charge in [-0.3, -0.25) is 4.79 Å². The minimum absolute atomic E-state index is 0.0848. The number of carbonyl (C=O) groups is 1. The van der Waals surface area contributed by atoms with E-state index in [1.807, 2.05) is 55.3 Å². The third kappa shape index (κ3) is 5.03. The number of thiazole rings is 1. The van der Waals surface area contributed by atoms with Gasteiger partial charge < -0.3 is 14.4 Å². The Hall–Kier alpha value is -1.92. The van der Waals surface area contributed by atoms with Gasteiger partial charge in [0.2, 0.25) is 5.91 Å². The molecule has 0 bridgehead atoms. The fourth-order valence-electron chi connectivity index (χ4n) is 2.92. The number of aryl methyl sites for hydroxylation is 1. The van der Waals surface area contributed by atoms with Crippen molar-refractivity contribution >= 4 is 17.2 Å². The molecule has 0 saturated carbocycles. The molecule has 0 aliphatic carbocycles. The van der Waals surface area contributed by atoms with Crippen molar-refractivity contribution < 1.29 is 14.3 Å². The quantitative estimate of drug-likeness (QED) is 0.822. The SMILES string of the molecule is Cc1ccc(OCc2nc(CC(=O)N3CC(C)OC(C)C3)cs2)cc1. The van der Waals surface area contributed by atoms with Crippen molar-refractivity contribution in [3.63, 3.8) is 0 Å². The number of benzene rings is 1. The smallest absolute Gasteiger partial charge is 0.228 e. The summed E-state index contributed by atoms with van der Waals surface area (Å²) in [6.07, 6.45) is 0.503. The molecule has 0 spiro atoms. The Morgan fingerprint density at radius 2 is 1.96 bits per heavy atom. The molecular formula is C19H24N2O3S. The van der Waals surface area contributed by atoms with Crippen molar-refractivity contribution in [2.45, 2.75) is 46.0 Å². The summed E-state index contributed by atoms with van der Waals surface area (Å²) in [5.74, 6) is 0.938. The number of amides is 1. The first-order chi connectivity index (χ1) is 12.0. The van der Waals surface area contributed by atoms with Gasteiger partial charge >= 0.3 is 0 Å². The number of ether oxygens (including phenoxy) is 2. The zero-order valence-corrected chi connectivity index (χ0v) is 15.7. The van der Waals surface area contributed by atoms with E-state index in [9.17, 15) is 4.79 Å². The van der Waals surface area contributed by atoms with Crippen LogP contribution < -0.4 is 4.74 Å². The summed E-state index contributed by atoms with van der Waals surface area (Å²) in [6, 6.07) is 7.94. The molecule has 5 nitrogen and oxygen atoms in total. The van der Waals surface area contributed by atoms with Crippen LogP contribution in [-0.2, 0) is 22.6 Å². The lowest BCUT2D eigenvalue weighted by molar-refractivity contribution is -0.142. The first-order valence-corrected chi connectivity index (χ1v) is 9.43. The van der Waals surface area contributed by atoms with E-state index < -0.39 is 0 Å². The van der Waals surface area contributed by atoms with Crippen LogP contribution in [-0.4, -0.2) is 41.1 Å². The number of morpholine rings is 1. The van der Waals surface area contributed by atoms with Crippen LogP contribution in [0.15, 0.2) is 29.6 Å². The average molecular weight is 360 g/mol. The number of aromatic nitrogens is 1. The molecule has 1 aromatic heterocycles. The Bertz CT molecular complexity index is 704. The molecule has 0 N–H and O–H groups in total. The lowest BCUT2D eigenvalue weighted by atomic mass is 10.2. The topological polar surface area (TPSA) is 51.7 Å². The van der Waals surface area contributed by atoms with Gasteiger partial charge in [0.25, 0.3) is 0 Å². The Morgan fingerprint density at radius 1 is 1.28 bits per heavy atom. The molecule has 6 heteroatoms. The van der Waals surface area contributed by atoms with Crippen molar-refractivity contribution in [2.24, 2.45) is 0 Å². The second kappa shape index (κ2) is 7.97. The molecular weight excluding hydrogens is 336 g/mol. The second-order valence-electron chi connectivity index (χ2n) is 6.57. The molecule has 1 aliphatic rings. The molecule has 3 rings (SSSR count). The standard InChI is InChI=1S/C19H24N2O3S/c1-13-4-6-17(7-5-13)23-11-18-20-16(12-25-18)8-19(22)21-9-14(2)24-15(3)10-21/h4-7,12,14-15H,8-11H2,1-3H3. The summed E-state index contributed by atoms with van der Waals surface area (Å²) in [5, 5.41) is 2.83. The van der Waals surface area contributed by atoms with Crippen LogP contribution in [0.25, 0.3) is 0 Å². The van der Waals surface area contributed by atoms with E-state index in [1.165, 1.54) is 16.9 Å². The van der Waals surface area contributed by atoms with Crippen LogP contribution in [0.2, 0.25) is 0 Å². The highest BCUT2D eigenvalue weighted by molar-refractivity contribution is 7.09. The van der Waals surface area contributed by atoms with Crippen LogP contribution in [0.1, 0.15) is 30.1 Å². The van der Waals surface area contributed by atoms with Crippen molar-refractivity contribution in [2.75, 3.05) is 13.1 Å². The van der Waals surface area contributed by atoms with E-state index >= 15 is 0 Å². The predicted octanol–water partition coefficient (Wildman–Crippen LogP) is 3.21. The van der Waals surface area contributed by atoms with E-state index in [1.54, 1.807) is 0 Å². The van der Waals surface area contributed by atoms with E-state index in [0.717, 1.165) is 16.5 Å². The maximum absolute atomic E-state index is 12.5. The number of nitrogens with zero attached hydrogens (tertiary/aromatic N) is 2. The molecule has 1 aromatic carbocycles. The summed E-state index contributed by atoms with van der Waals surface area (Å²) < 4.78 is 11.4. The van der Waals surface area contributed by atoms with Crippen LogP contribution in [0.5, 0.6) is 5.75 Å². The van der Waals surface area contributed by atoms with Gasteiger partial charge in [0.1, 0.15) is 17.4 Å². The van der Waals surface area contributed by atoms with Crippen LogP contribution in [0, 0.1) is 6.92 Å². The fourth-order valence-corrected chi connectivity index (χ4v) is 3.63. The van der Waals surface area contributed by atoms with Gasteiger partial charge in [-0.15, -0.1) is 11.3 Å². The van der Waals surface area contributed by atoms with E-state index in [2.05, 4.69) is 4.98 Å². The fraction of sp³-hybridized carbons (Fsp3) is 0.474. The zero-order chi connectivity index (χ0) is 17.8. The Kier molecular flexibility index (Phi) is 5.71. The van der Waals surface area contributed by atoms with Gasteiger partial charge in [-0.1, -0.05) is 17.7 Å². The minimum atomic E-state index is 0.0848. The lowest BCUT2D eigenvalue weighted by Gasteiger charge is -2.35. The highest BCUT2D eigenvalue weighted by atomic mass is 32.1. The van der Waals surface area contributed by atoms with Crippen molar-refractivity contribution in [3.05, 3.63) is 45.9 Å². The Morgan fingerprint density at radius 3 is 2.64 bits per heavy atom. The van der Waals surface area contributed by atoms with Gasteiger partial charge in [-0.2, -0.15) is 0 Å². The summed E-state index contributed by atoms with van der Waals surface area (Å²) in [4.78, 5) is 18.9. The predicted molar refractivity (Wildman–Crippen MR) is 97.9 cm³/mol. The minimum Gasteiger partial charge on any atom is -0.486 e. The van der Waals surface area contributed by atoms with E-state index in [4.69, 9.17) is 9.47 Å². The third-order valence-electron chi connectivity index (χ3n) is 4.09. The van der Waals surface area contributed by atoms with Gasteiger partial charge in [0.15, 0.2) is 0 Å². The summed E-state index contributed by atoms with van der Waals surface area (Å²) >= 11 is 1.53. The maximum Gasteiger partial charge on any atom is 0.228 e. The maximum atomic E-state index is 12.5. The molecule has 1 amide bonds. The summed E-state index contributed by atoms with van der Waals surface area (Å²) in [6.45, 7) is 7.77. The van der Waals surface area contributed by atoms with Gasteiger partial charge in [-0.05, 0) is 32.9 Å². The molecule has 1 aliphatic heterocycles. The Balaban J connectivity index is 1.52.